The van der Waals surface area contributed by atoms with Crippen molar-refractivity contribution in [3.8, 4) is 11.8 Å². The van der Waals surface area contributed by atoms with E-state index in [1.165, 1.54) is 12.8 Å². The average Bonchev–Trinajstić information content (AvgIpc) is 3.24. The Morgan fingerprint density at radius 3 is 2.85 bits per heavy atom. The van der Waals surface area contributed by atoms with Gasteiger partial charge in [0.1, 0.15) is 0 Å². The topological polar surface area (TPSA) is 40.5 Å². The third-order valence-corrected chi connectivity index (χ3v) is 3.52. The maximum Gasteiger partial charge on any atom is 0.253 e. The maximum atomic E-state index is 12.3. The minimum Gasteiger partial charge on any atom is -0.395 e. The minimum absolute atomic E-state index is 0.0575. The van der Waals surface area contributed by atoms with Gasteiger partial charge in [0.2, 0.25) is 0 Å². The van der Waals surface area contributed by atoms with Crippen LogP contribution >= 0.6 is 0 Å². The fourth-order valence-corrected chi connectivity index (χ4v) is 2.09. The largest absolute Gasteiger partial charge is 0.395 e. The van der Waals surface area contributed by atoms with E-state index in [1.54, 1.807) is 4.90 Å². The third kappa shape index (κ3) is 3.85. The first-order chi connectivity index (χ1) is 9.61. The van der Waals surface area contributed by atoms with Crippen LogP contribution in [0.1, 0.15) is 40.7 Å². The molecule has 0 saturated heterocycles. The van der Waals surface area contributed by atoms with Crippen LogP contribution in [0, 0.1) is 24.7 Å². The summed E-state index contributed by atoms with van der Waals surface area (Å²) in [5.74, 6) is 6.68. The summed E-state index contributed by atoms with van der Waals surface area (Å²) in [6.07, 6.45) is 2.94. The summed E-state index contributed by atoms with van der Waals surface area (Å²) in [6, 6.07) is 5.64. The van der Waals surface area contributed by atoms with Crippen molar-refractivity contribution in [3.05, 3.63) is 34.9 Å². The Morgan fingerprint density at radius 1 is 1.45 bits per heavy atom. The van der Waals surface area contributed by atoms with Gasteiger partial charge in [-0.05, 0) is 43.4 Å². The number of hydrogen-bond acceptors (Lipinski definition) is 2. The number of aryl methyl sites for hydroxylation is 1. The van der Waals surface area contributed by atoms with Gasteiger partial charge in [0.15, 0.2) is 0 Å². The van der Waals surface area contributed by atoms with Crippen LogP contribution in [-0.2, 0) is 0 Å². The number of hydrogen-bond donors (Lipinski definition) is 1. The van der Waals surface area contributed by atoms with E-state index in [0.29, 0.717) is 17.9 Å². The highest BCUT2D eigenvalue weighted by Crippen LogP contribution is 2.29. The van der Waals surface area contributed by atoms with Crippen molar-refractivity contribution in [2.24, 2.45) is 5.92 Å². The number of rotatable bonds is 4. The fraction of sp³-hybridized carbons (Fsp3) is 0.471. The summed E-state index contributed by atoms with van der Waals surface area (Å²) in [5.41, 5.74) is 2.60. The predicted molar refractivity (Wildman–Crippen MR) is 79.4 cm³/mol. The molecule has 1 amide bonds. The van der Waals surface area contributed by atoms with Crippen LogP contribution < -0.4 is 0 Å². The van der Waals surface area contributed by atoms with Gasteiger partial charge < -0.3 is 10.0 Å². The summed E-state index contributed by atoms with van der Waals surface area (Å²) < 4.78 is 0. The van der Waals surface area contributed by atoms with E-state index >= 15 is 0 Å². The third-order valence-electron chi connectivity index (χ3n) is 3.52. The van der Waals surface area contributed by atoms with Crippen LogP contribution in [0.15, 0.2) is 18.2 Å². The molecule has 0 radical (unpaired) electrons. The summed E-state index contributed by atoms with van der Waals surface area (Å²) in [6.45, 7) is 2.89. The zero-order valence-corrected chi connectivity index (χ0v) is 12.1. The van der Waals surface area contributed by atoms with Gasteiger partial charge in [-0.1, -0.05) is 17.9 Å². The SMILES string of the molecule is Cc1ccc(C(=O)N(C)CC2CC2)cc1C#CCCO. The molecule has 1 saturated carbocycles. The molecule has 1 aliphatic rings. The zero-order chi connectivity index (χ0) is 14.5. The van der Waals surface area contributed by atoms with Gasteiger partial charge in [-0.2, -0.15) is 0 Å². The van der Waals surface area contributed by atoms with E-state index in [2.05, 4.69) is 11.8 Å². The van der Waals surface area contributed by atoms with Crippen LogP contribution in [-0.4, -0.2) is 36.1 Å². The fourth-order valence-electron chi connectivity index (χ4n) is 2.09. The van der Waals surface area contributed by atoms with Gasteiger partial charge in [0.25, 0.3) is 5.91 Å². The molecule has 0 heterocycles. The second-order valence-electron chi connectivity index (χ2n) is 5.43. The minimum atomic E-state index is 0.0575. The van der Waals surface area contributed by atoms with E-state index in [-0.39, 0.29) is 12.5 Å². The van der Waals surface area contributed by atoms with E-state index in [1.807, 2.05) is 32.2 Å². The van der Waals surface area contributed by atoms with E-state index in [4.69, 9.17) is 5.11 Å². The maximum absolute atomic E-state index is 12.3. The van der Waals surface area contributed by atoms with Crippen molar-refractivity contribution in [2.75, 3.05) is 20.2 Å². The first kappa shape index (κ1) is 14.6. The van der Waals surface area contributed by atoms with Gasteiger partial charge in [-0.3, -0.25) is 4.79 Å². The van der Waals surface area contributed by atoms with Crippen molar-refractivity contribution >= 4 is 5.91 Å². The first-order valence-corrected chi connectivity index (χ1v) is 7.07. The van der Waals surface area contributed by atoms with Crippen LogP contribution in [0.5, 0.6) is 0 Å². The molecule has 1 aromatic carbocycles. The van der Waals surface area contributed by atoms with Crippen LogP contribution in [0.2, 0.25) is 0 Å². The number of carbonyl (C=O) groups is 1. The molecular formula is C17H21NO2. The predicted octanol–water partition coefficient (Wildman–Crippen LogP) is 2.21. The lowest BCUT2D eigenvalue weighted by Gasteiger charge is -2.17. The molecule has 3 heteroatoms. The quantitative estimate of drug-likeness (QED) is 0.853. The molecule has 3 nitrogen and oxygen atoms in total. The number of aliphatic hydroxyl groups is 1. The van der Waals surface area contributed by atoms with Crippen LogP contribution in [0.3, 0.4) is 0 Å². The summed E-state index contributed by atoms with van der Waals surface area (Å²) >= 11 is 0. The smallest absolute Gasteiger partial charge is 0.253 e. The molecule has 106 valence electrons. The molecule has 0 unspecified atom stereocenters. The van der Waals surface area contributed by atoms with Gasteiger partial charge >= 0.3 is 0 Å². The number of benzene rings is 1. The Morgan fingerprint density at radius 2 is 2.20 bits per heavy atom. The highest BCUT2D eigenvalue weighted by molar-refractivity contribution is 5.94. The van der Waals surface area contributed by atoms with E-state index < -0.39 is 0 Å². The molecular weight excluding hydrogens is 250 g/mol. The highest BCUT2D eigenvalue weighted by Gasteiger charge is 2.25. The van der Waals surface area contributed by atoms with Crippen molar-refractivity contribution in [1.29, 1.82) is 0 Å². The van der Waals surface area contributed by atoms with Crippen molar-refractivity contribution < 1.29 is 9.90 Å². The molecule has 0 atom stereocenters. The summed E-state index contributed by atoms with van der Waals surface area (Å²) in [7, 11) is 1.86. The van der Waals surface area contributed by atoms with Gasteiger partial charge in [-0.15, -0.1) is 0 Å². The molecule has 20 heavy (non-hydrogen) atoms. The van der Waals surface area contributed by atoms with Gasteiger partial charge in [0.05, 0.1) is 6.61 Å². The van der Waals surface area contributed by atoms with Crippen molar-refractivity contribution in [1.82, 2.24) is 4.90 Å². The number of aliphatic hydroxyl groups excluding tert-OH is 1. The van der Waals surface area contributed by atoms with Crippen molar-refractivity contribution in [2.45, 2.75) is 26.2 Å². The highest BCUT2D eigenvalue weighted by atomic mass is 16.2. The molecule has 2 rings (SSSR count). The Balaban J connectivity index is 2.13. The molecule has 1 aromatic rings. The Kier molecular flexibility index (Phi) is 4.81. The summed E-state index contributed by atoms with van der Waals surface area (Å²) in [4.78, 5) is 14.1. The first-order valence-electron chi connectivity index (χ1n) is 7.07. The molecule has 1 N–H and O–H groups in total. The molecule has 1 fully saturated rings. The Labute approximate surface area is 120 Å². The zero-order valence-electron chi connectivity index (χ0n) is 12.1. The lowest BCUT2D eigenvalue weighted by atomic mass is 10.0. The lowest BCUT2D eigenvalue weighted by molar-refractivity contribution is 0.0788. The monoisotopic (exact) mass is 271 g/mol. The second-order valence-corrected chi connectivity index (χ2v) is 5.43. The van der Waals surface area contributed by atoms with Crippen molar-refractivity contribution in [3.63, 3.8) is 0 Å². The van der Waals surface area contributed by atoms with E-state index in [0.717, 1.165) is 17.7 Å². The second kappa shape index (κ2) is 6.58. The number of carbonyl (C=O) groups excluding carboxylic acids is 1. The Hall–Kier alpha value is -1.79. The molecule has 0 aromatic heterocycles. The van der Waals surface area contributed by atoms with Crippen LogP contribution in [0.25, 0.3) is 0 Å². The van der Waals surface area contributed by atoms with Gasteiger partial charge in [-0.25, -0.2) is 0 Å². The van der Waals surface area contributed by atoms with Gasteiger partial charge in [0, 0.05) is 31.1 Å². The summed E-state index contributed by atoms with van der Waals surface area (Å²) in [5, 5.41) is 8.76. The molecule has 0 bridgehead atoms. The molecule has 1 aliphatic carbocycles. The number of nitrogens with zero attached hydrogens (tertiary/aromatic N) is 1. The number of amides is 1. The molecule has 0 spiro atoms. The normalized spacial score (nSPS) is 13.6. The standard InChI is InChI=1S/C17H21NO2/c1-13-6-9-16(11-15(13)5-3-4-10-19)17(20)18(2)12-14-7-8-14/h6,9,11,14,19H,4,7-8,10,12H2,1-2H3. The van der Waals surface area contributed by atoms with Crippen LogP contribution in [0.4, 0.5) is 0 Å². The average molecular weight is 271 g/mol. The Bertz CT molecular complexity index is 550. The van der Waals surface area contributed by atoms with E-state index in [9.17, 15) is 4.79 Å². The lowest BCUT2D eigenvalue weighted by Crippen LogP contribution is -2.28. The molecule has 0 aliphatic heterocycles.